The van der Waals surface area contributed by atoms with Crippen molar-refractivity contribution in [3.8, 4) is 0 Å². The Hall–Kier alpha value is -2.47. The van der Waals surface area contributed by atoms with E-state index in [1.807, 2.05) is 61.9 Å². The molecule has 0 saturated carbocycles. The smallest absolute Gasteiger partial charge is 0.229 e. The second-order valence-electron chi connectivity index (χ2n) is 5.37. The van der Waals surface area contributed by atoms with Gasteiger partial charge in [0.1, 0.15) is 5.82 Å². The Balaban J connectivity index is 1.67. The van der Waals surface area contributed by atoms with Crippen LogP contribution in [0.1, 0.15) is 5.56 Å². The van der Waals surface area contributed by atoms with Gasteiger partial charge in [-0.05, 0) is 58.2 Å². The summed E-state index contributed by atoms with van der Waals surface area (Å²) in [7, 11) is 2.03. The first kappa shape index (κ1) is 16.4. The molecule has 2 heterocycles. The number of hydrogen-bond acceptors (Lipinski definition) is 5. The number of hydrogen-bond donors (Lipinski definition) is 1. The van der Waals surface area contributed by atoms with Gasteiger partial charge in [-0.25, -0.2) is 4.98 Å². The van der Waals surface area contributed by atoms with Crippen LogP contribution in [0.4, 0.5) is 17.5 Å². The second kappa shape index (κ2) is 7.88. The first-order valence-electron chi connectivity index (χ1n) is 7.67. The van der Waals surface area contributed by atoms with Gasteiger partial charge in [-0.3, -0.25) is 4.98 Å². The van der Waals surface area contributed by atoms with E-state index in [0.29, 0.717) is 5.95 Å². The summed E-state index contributed by atoms with van der Waals surface area (Å²) in [4.78, 5) is 15.1. The molecule has 0 aliphatic heterocycles. The second-order valence-corrected chi connectivity index (χ2v) is 6.22. The molecule has 0 atom stereocenters. The average molecular weight is 384 g/mol. The van der Waals surface area contributed by atoms with E-state index in [1.54, 1.807) is 6.20 Å². The molecule has 24 heavy (non-hydrogen) atoms. The third kappa shape index (κ3) is 4.29. The number of pyridine rings is 1. The lowest BCUT2D eigenvalue weighted by molar-refractivity contribution is 0.855. The van der Waals surface area contributed by atoms with E-state index < -0.39 is 0 Å². The molecule has 3 aromatic rings. The summed E-state index contributed by atoms with van der Waals surface area (Å²) >= 11 is 3.52. The van der Waals surface area contributed by atoms with Crippen molar-refractivity contribution in [2.24, 2.45) is 0 Å². The highest BCUT2D eigenvalue weighted by atomic mass is 79.9. The molecule has 0 unspecified atom stereocenters. The monoisotopic (exact) mass is 383 g/mol. The fourth-order valence-electron chi connectivity index (χ4n) is 2.27. The van der Waals surface area contributed by atoms with E-state index in [4.69, 9.17) is 0 Å². The Bertz CT molecular complexity index is 794. The molecule has 0 aliphatic carbocycles. The van der Waals surface area contributed by atoms with Crippen LogP contribution in [-0.2, 0) is 6.42 Å². The third-order valence-corrected chi connectivity index (χ3v) is 4.33. The lowest BCUT2D eigenvalue weighted by Crippen LogP contribution is -2.21. The van der Waals surface area contributed by atoms with Gasteiger partial charge in [-0.2, -0.15) is 4.98 Å². The molecule has 0 fully saturated rings. The zero-order chi connectivity index (χ0) is 16.8. The van der Waals surface area contributed by atoms with Crippen molar-refractivity contribution in [1.29, 1.82) is 0 Å². The number of rotatable bonds is 6. The van der Waals surface area contributed by atoms with Gasteiger partial charge in [0.15, 0.2) is 0 Å². The Morgan fingerprint density at radius 2 is 1.83 bits per heavy atom. The summed E-state index contributed by atoms with van der Waals surface area (Å²) in [5.74, 6) is 1.46. The molecular weight excluding hydrogens is 366 g/mol. The number of nitrogens with zero attached hydrogens (tertiary/aromatic N) is 4. The van der Waals surface area contributed by atoms with Crippen LogP contribution in [0.15, 0.2) is 65.5 Å². The fourth-order valence-corrected chi connectivity index (χ4v) is 2.65. The number of para-hydroxylation sites is 1. The van der Waals surface area contributed by atoms with Gasteiger partial charge in [-0.15, -0.1) is 0 Å². The molecule has 1 N–H and O–H groups in total. The van der Waals surface area contributed by atoms with E-state index >= 15 is 0 Å². The topological polar surface area (TPSA) is 53.9 Å². The summed E-state index contributed by atoms with van der Waals surface area (Å²) in [5, 5.41) is 3.24. The number of nitrogens with one attached hydrogen (secondary N) is 1. The summed E-state index contributed by atoms with van der Waals surface area (Å²) in [6, 6.07) is 13.9. The highest BCUT2D eigenvalue weighted by Crippen LogP contribution is 2.24. The summed E-state index contributed by atoms with van der Waals surface area (Å²) in [6.07, 6.45) is 6.35. The minimum absolute atomic E-state index is 0.579. The van der Waals surface area contributed by atoms with Gasteiger partial charge >= 0.3 is 0 Å². The number of likely N-dealkylation sites (N-methyl/N-ethyl adjacent to an activating group) is 1. The van der Waals surface area contributed by atoms with Crippen molar-refractivity contribution in [2.75, 3.05) is 23.8 Å². The first-order valence-corrected chi connectivity index (χ1v) is 8.46. The van der Waals surface area contributed by atoms with Crippen LogP contribution in [0.5, 0.6) is 0 Å². The van der Waals surface area contributed by atoms with Gasteiger partial charge in [0.2, 0.25) is 5.95 Å². The van der Waals surface area contributed by atoms with E-state index in [2.05, 4.69) is 41.1 Å². The van der Waals surface area contributed by atoms with Crippen molar-refractivity contribution in [1.82, 2.24) is 15.0 Å². The van der Waals surface area contributed by atoms with Crippen molar-refractivity contribution >= 4 is 33.4 Å². The Morgan fingerprint density at radius 3 is 2.62 bits per heavy atom. The van der Waals surface area contributed by atoms with Crippen LogP contribution in [0, 0.1) is 0 Å². The van der Waals surface area contributed by atoms with Crippen LogP contribution >= 0.6 is 15.9 Å². The highest BCUT2D eigenvalue weighted by Gasteiger charge is 2.06. The van der Waals surface area contributed by atoms with Crippen molar-refractivity contribution in [3.63, 3.8) is 0 Å². The summed E-state index contributed by atoms with van der Waals surface area (Å²) in [5.41, 5.74) is 2.20. The quantitative estimate of drug-likeness (QED) is 0.695. The number of halogens is 1. The Morgan fingerprint density at radius 1 is 1.04 bits per heavy atom. The SMILES string of the molecule is CN(CCc1ccncc1)c1ccnc(Nc2ccccc2Br)n1. The maximum atomic E-state index is 4.59. The molecule has 0 radical (unpaired) electrons. The lowest BCUT2D eigenvalue weighted by atomic mass is 10.2. The van der Waals surface area contributed by atoms with Crippen LogP contribution in [0.2, 0.25) is 0 Å². The van der Waals surface area contributed by atoms with Crippen molar-refractivity contribution in [3.05, 3.63) is 71.1 Å². The molecule has 1 aromatic carbocycles. The summed E-state index contributed by atoms with van der Waals surface area (Å²) in [6.45, 7) is 0.871. The van der Waals surface area contributed by atoms with Gasteiger partial charge in [-0.1, -0.05) is 12.1 Å². The van der Waals surface area contributed by atoms with Crippen molar-refractivity contribution in [2.45, 2.75) is 6.42 Å². The van der Waals surface area contributed by atoms with Crippen LogP contribution in [0.3, 0.4) is 0 Å². The number of anilines is 3. The van der Waals surface area contributed by atoms with Gasteiger partial charge in [0.05, 0.1) is 5.69 Å². The predicted octanol–water partition coefficient (Wildman–Crippen LogP) is 4.06. The molecular formula is C18H18BrN5. The fraction of sp³-hybridized carbons (Fsp3) is 0.167. The maximum Gasteiger partial charge on any atom is 0.229 e. The molecule has 0 saturated heterocycles. The molecule has 122 valence electrons. The molecule has 5 nitrogen and oxygen atoms in total. The van der Waals surface area contributed by atoms with E-state index in [0.717, 1.165) is 28.9 Å². The zero-order valence-corrected chi connectivity index (χ0v) is 14.9. The Labute approximate surface area is 149 Å². The number of aromatic nitrogens is 3. The summed E-state index contributed by atoms with van der Waals surface area (Å²) < 4.78 is 0.977. The van der Waals surface area contributed by atoms with Crippen LogP contribution in [0.25, 0.3) is 0 Å². The molecule has 2 aromatic heterocycles. The number of benzene rings is 1. The highest BCUT2D eigenvalue weighted by molar-refractivity contribution is 9.10. The molecule has 3 rings (SSSR count). The Kier molecular flexibility index (Phi) is 5.38. The van der Waals surface area contributed by atoms with Crippen molar-refractivity contribution < 1.29 is 0 Å². The van der Waals surface area contributed by atoms with Gasteiger partial charge < -0.3 is 10.2 Å². The molecule has 0 aliphatic rings. The zero-order valence-electron chi connectivity index (χ0n) is 13.4. The van der Waals surface area contributed by atoms with Gasteiger partial charge in [0, 0.05) is 36.7 Å². The lowest BCUT2D eigenvalue weighted by Gasteiger charge is -2.18. The third-order valence-electron chi connectivity index (χ3n) is 3.64. The largest absolute Gasteiger partial charge is 0.359 e. The normalized spacial score (nSPS) is 10.4. The minimum Gasteiger partial charge on any atom is -0.359 e. The van der Waals surface area contributed by atoms with E-state index in [9.17, 15) is 0 Å². The van der Waals surface area contributed by atoms with E-state index in [1.165, 1.54) is 5.56 Å². The molecule has 0 amide bonds. The minimum atomic E-state index is 0.579. The van der Waals surface area contributed by atoms with Gasteiger partial charge in [0.25, 0.3) is 0 Å². The first-order chi connectivity index (χ1) is 11.7. The van der Waals surface area contributed by atoms with Crippen LogP contribution < -0.4 is 10.2 Å². The average Bonchev–Trinajstić information content (AvgIpc) is 2.63. The molecule has 6 heteroatoms. The molecule has 0 spiro atoms. The molecule has 0 bridgehead atoms. The predicted molar refractivity (Wildman–Crippen MR) is 101 cm³/mol. The maximum absolute atomic E-state index is 4.59. The standard InChI is InChI=1S/C18H18BrN5/c1-24(13-9-14-6-10-20-11-7-14)17-8-12-21-18(23-17)22-16-5-3-2-4-15(16)19/h2-8,10-12H,9,13H2,1H3,(H,21,22,23). The van der Waals surface area contributed by atoms with Crippen LogP contribution in [-0.4, -0.2) is 28.5 Å². The van der Waals surface area contributed by atoms with E-state index in [-0.39, 0.29) is 0 Å².